The van der Waals surface area contributed by atoms with Gasteiger partial charge in [0, 0.05) is 5.92 Å². The number of rotatable bonds is 2. The minimum Gasteiger partial charge on any atom is -0.388 e. The molecule has 1 aliphatic rings. The summed E-state index contributed by atoms with van der Waals surface area (Å²) in [5.74, 6) is 0.672. The average Bonchev–Trinajstić information content (AvgIpc) is 2.70. The molecule has 0 spiro atoms. The number of aryl methyl sites for hydroxylation is 1. The zero-order chi connectivity index (χ0) is 10.1. The van der Waals surface area contributed by atoms with Crippen molar-refractivity contribution in [2.24, 2.45) is 0 Å². The Morgan fingerprint density at radius 1 is 1.43 bits per heavy atom. The van der Waals surface area contributed by atoms with E-state index in [4.69, 9.17) is 0 Å². The number of aliphatic hydroxyl groups is 1. The molecule has 14 heavy (non-hydrogen) atoms. The molecule has 78 valence electrons. The molecule has 2 nitrogen and oxygen atoms in total. The molecule has 1 N–H and O–H groups in total. The van der Waals surface area contributed by atoms with Crippen molar-refractivity contribution >= 4 is 11.3 Å². The van der Waals surface area contributed by atoms with Crippen molar-refractivity contribution in [2.75, 3.05) is 0 Å². The highest BCUT2D eigenvalue weighted by Crippen LogP contribution is 2.38. The largest absolute Gasteiger partial charge is 0.388 e. The molecule has 0 aromatic carbocycles. The van der Waals surface area contributed by atoms with Crippen LogP contribution >= 0.6 is 11.3 Å². The average molecular weight is 211 g/mol. The zero-order valence-corrected chi connectivity index (χ0v) is 9.60. The monoisotopic (exact) mass is 211 g/mol. The van der Waals surface area contributed by atoms with Gasteiger partial charge in [0.05, 0.1) is 21.7 Å². The first kappa shape index (κ1) is 10.1. The van der Waals surface area contributed by atoms with Crippen molar-refractivity contribution in [2.45, 2.75) is 51.6 Å². The van der Waals surface area contributed by atoms with Crippen LogP contribution < -0.4 is 0 Å². The van der Waals surface area contributed by atoms with Gasteiger partial charge in [-0.3, -0.25) is 0 Å². The highest BCUT2D eigenvalue weighted by atomic mass is 32.1. The predicted molar refractivity (Wildman–Crippen MR) is 58.7 cm³/mol. The van der Waals surface area contributed by atoms with Crippen LogP contribution in [0.15, 0.2) is 0 Å². The molecule has 1 heterocycles. The van der Waals surface area contributed by atoms with Gasteiger partial charge in [-0.05, 0) is 26.7 Å². The molecule has 0 bridgehead atoms. The van der Waals surface area contributed by atoms with E-state index in [1.807, 2.05) is 13.8 Å². The molecule has 1 aromatic heterocycles. The van der Waals surface area contributed by atoms with Crippen molar-refractivity contribution in [3.8, 4) is 0 Å². The van der Waals surface area contributed by atoms with Gasteiger partial charge in [-0.15, -0.1) is 11.3 Å². The summed E-state index contributed by atoms with van der Waals surface area (Å²) >= 11 is 1.70. The lowest BCUT2D eigenvalue weighted by molar-refractivity contribution is 0.202. The lowest BCUT2D eigenvalue weighted by atomic mass is 10.1. The van der Waals surface area contributed by atoms with E-state index in [2.05, 4.69) is 4.98 Å². The Balaban J connectivity index is 2.22. The molecule has 0 amide bonds. The van der Waals surface area contributed by atoms with E-state index in [-0.39, 0.29) is 6.10 Å². The maximum absolute atomic E-state index is 9.53. The van der Waals surface area contributed by atoms with E-state index in [0.717, 1.165) is 10.6 Å². The van der Waals surface area contributed by atoms with E-state index >= 15 is 0 Å². The Morgan fingerprint density at radius 2 is 2.07 bits per heavy atom. The van der Waals surface area contributed by atoms with Crippen LogP contribution in [0.4, 0.5) is 0 Å². The first-order valence-electron chi connectivity index (χ1n) is 5.33. The quantitative estimate of drug-likeness (QED) is 0.815. The predicted octanol–water partition coefficient (Wildman–Crippen LogP) is 3.16. The molecule has 0 saturated heterocycles. The fourth-order valence-electron chi connectivity index (χ4n) is 2.16. The van der Waals surface area contributed by atoms with Crippen LogP contribution in [0.3, 0.4) is 0 Å². The fraction of sp³-hybridized carbons (Fsp3) is 0.727. The van der Waals surface area contributed by atoms with Gasteiger partial charge >= 0.3 is 0 Å². The Kier molecular flexibility index (Phi) is 2.88. The Labute approximate surface area is 89.0 Å². The SMILES string of the molecule is Cc1nc(C2CCCC2)sc1C(C)O. The molecule has 0 radical (unpaired) electrons. The molecule has 3 heteroatoms. The summed E-state index contributed by atoms with van der Waals surface area (Å²) in [5.41, 5.74) is 1.02. The van der Waals surface area contributed by atoms with Crippen molar-refractivity contribution < 1.29 is 5.11 Å². The normalized spacial score (nSPS) is 20.2. The van der Waals surface area contributed by atoms with Crippen LogP contribution in [0.1, 0.15) is 60.2 Å². The Morgan fingerprint density at radius 3 is 2.57 bits per heavy atom. The maximum Gasteiger partial charge on any atom is 0.0962 e. The lowest BCUT2D eigenvalue weighted by Gasteiger charge is -2.02. The van der Waals surface area contributed by atoms with Crippen LogP contribution in [0, 0.1) is 6.92 Å². The second kappa shape index (κ2) is 3.99. The summed E-state index contributed by atoms with van der Waals surface area (Å²) in [6.07, 6.45) is 4.89. The Bertz CT molecular complexity index is 313. The molecule has 1 aromatic rings. The van der Waals surface area contributed by atoms with Gasteiger partial charge in [-0.2, -0.15) is 0 Å². The number of aromatic nitrogens is 1. The summed E-state index contributed by atoms with van der Waals surface area (Å²) in [7, 11) is 0. The Hall–Kier alpha value is -0.410. The second-order valence-corrected chi connectivity index (χ2v) is 5.22. The second-order valence-electron chi connectivity index (χ2n) is 4.16. The van der Waals surface area contributed by atoms with Crippen molar-refractivity contribution in [1.82, 2.24) is 4.98 Å². The van der Waals surface area contributed by atoms with E-state index in [1.54, 1.807) is 11.3 Å². The van der Waals surface area contributed by atoms with Gasteiger partial charge in [0.2, 0.25) is 0 Å². The summed E-state index contributed by atoms with van der Waals surface area (Å²) in [6, 6.07) is 0. The van der Waals surface area contributed by atoms with Crippen molar-refractivity contribution in [3.63, 3.8) is 0 Å². The topological polar surface area (TPSA) is 33.1 Å². The zero-order valence-electron chi connectivity index (χ0n) is 8.79. The summed E-state index contributed by atoms with van der Waals surface area (Å²) in [6.45, 7) is 3.82. The summed E-state index contributed by atoms with van der Waals surface area (Å²) in [4.78, 5) is 5.62. The van der Waals surface area contributed by atoms with Crippen LogP contribution in [-0.2, 0) is 0 Å². The highest BCUT2D eigenvalue weighted by Gasteiger charge is 2.22. The van der Waals surface area contributed by atoms with Crippen LogP contribution in [0.2, 0.25) is 0 Å². The number of hydrogen-bond donors (Lipinski definition) is 1. The summed E-state index contributed by atoms with van der Waals surface area (Å²) < 4.78 is 0. The van der Waals surface area contributed by atoms with Gasteiger partial charge < -0.3 is 5.11 Å². The minimum atomic E-state index is -0.359. The molecule has 1 aliphatic carbocycles. The van der Waals surface area contributed by atoms with Crippen molar-refractivity contribution in [1.29, 1.82) is 0 Å². The first-order chi connectivity index (χ1) is 6.68. The molecule has 1 saturated carbocycles. The highest BCUT2D eigenvalue weighted by molar-refractivity contribution is 7.11. The third-order valence-electron chi connectivity index (χ3n) is 2.93. The van der Waals surface area contributed by atoms with Gasteiger partial charge in [0.25, 0.3) is 0 Å². The molecule has 1 unspecified atom stereocenters. The number of hydrogen-bond acceptors (Lipinski definition) is 3. The van der Waals surface area contributed by atoms with Crippen LogP contribution in [0.25, 0.3) is 0 Å². The van der Waals surface area contributed by atoms with Gasteiger partial charge in [0.15, 0.2) is 0 Å². The third-order valence-corrected chi connectivity index (χ3v) is 4.42. The molecule has 1 fully saturated rings. The van der Waals surface area contributed by atoms with E-state index < -0.39 is 0 Å². The number of aliphatic hydroxyl groups excluding tert-OH is 1. The minimum absolute atomic E-state index is 0.359. The number of nitrogens with zero attached hydrogens (tertiary/aromatic N) is 1. The molecule has 1 atom stereocenters. The summed E-state index contributed by atoms with van der Waals surface area (Å²) in [5, 5.41) is 10.8. The van der Waals surface area contributed by atoms with E-state index in [9.17, 15) is 5.11 Å². The van der Waals surface area contributed by atoms with Gasteiger partial charge in [-0.25, -0.2) is 4.98 Å². The van der Waals surface area contributed by atoms with E-state index in [0.29, 0.717) is 5.92 Å². The maximum atomic E-state index is 9.53. The van der Waals surface area contributed by atoms with Gasteiger partial charge in [0.1, 0.15) is 0 Å². The number of thiazole rings is 1. The molecular formula is C11H17NOS. The first-order valence-corrected chi connectivity index (χ1v) is 6.15. The molecule has 0 aliphatic heterocycles. The molecule has 2 rings (SSSR count). The standard InChI is InChI=1S/C11H17NOS/c1-7-10(8(2)13)14-11(12-7)9-5-3-4-6-9/h8-9,13H,3-6H2,1-2H3. The lowest BCUT2D eigenvalue weighted by Crippen LogP contribution is -1.90. The smallest absolute Gasteiger partial charge is 0.0962 e. The van der Waals surface area contributed by atoms with Crippen molar-refractivity contribution in [3.05, 3.63) is 15.6 Å². The van der Waals surface area contributed by atoms with Crippen LogP contribution in [-0.4, -0.2) is 10.1 Å². The molecular weight excluding hydrogens is 194 g/mol. The van der Waals surface area contributed by atoms with E-state index in [1.165, 1.54) is 30.7 Å². The van der Waals surface area contributed by atoms with Crippen LogP contribution in [0.5, 0.6) is 0 Å². The van der Waals surface area contributed by atoms with Gasteiger partial charge in [-0.1, -0.05) is 12.8 Å². The third kappa shape index (κ3) is 1.84. The fourth-order valence-corrected chi connectivity index (χ4v) is 3.34.